The minimum absolute atomic E-state index is 0.275. The molecule has 7 aromatic carbocycles. The van der Waals surface area contributed by atoms with E-state index in [9.17, 15) is 0 Å². The maximum Gasteiger partial charge on any atom is 0.179 e. The van der Waals surface area contributed by atoms with Gasteiger partial charge in [-0.3, -0.25) is 4.90 Å². The number of hydrogen-bond acceptors (Lipinski definition) is 4. The van der Waals surface area contributed by atoms with Gasteiger partial charge in [0.05, 0.1) is 22.4 Å². The number of para-hydroxylation sites is 2. The van der Waals surface area contributed by atoms with Gasteiger partial charge in [0.1, 0.15) is 11.6 Å². The van der Waals surface area contributed by atoms with Gasteiger partial charge in [0, 0.05) is 44.4 Å². The molecule has 0 unspecified atom stereocenters. The molecular weight excluding hydrogens is 741 g/mol. The highest BCUT2D eigenvalue weighted by Crippen LogP contribution is 2.53. The summed E-state index contributed by atoms with van der Waals surface area (Å²) in [5.41, 5.74) is 7.90. The normalized spacial score (nSPS) is 13.5. The van der Waals surface area contributed by atoms with Gasteiger partial charge >= 0.3 is 0 Å². The van der Waals surface area contributed by atoms with Crippen LogP contribution in [0.3, 0.4) is 0 Å². The largest absolute Gasteiger partial charge is 0.327 e. The maximum absolute atomic E-state index is 5.16. The van der Waals surface area contributed by atoms with E-state index in [0.717, 1.165) is 28.2 Å². The van der Waals surface area contributed by atoms with Crippen LogP contribution in [0, 0.1) is 0 Å². The average molecular weight is 781 g/mol. The van der Waals surface area contributed by atoms with Crippen molar-refractivity contribution in [3.05, 3.63) is 199 Å². The molecule has 0 atom stereocenters. The second-order valence-electron chi connectivity index (χ2n) is 15.9. The van der Waals surface area contributed by atoms with Crippen LogP contribution in [0.4, 0.5) is 17.2 Å². The Kier molecular flexibility index (Phi) is 7.90. The zero-order valence-corrected chi connectivity index (χ0v) is 34.4. The number of benzene rings is 7. The first-order valence-corrected chi connectivity index (χ1v) is 22.7. The van der Waals surface area contributed by atoms with Crippen molar-refractivity contribution in [1.29, 1.82) is 0 Å². The molecular formula is C52H40N4SSi. The number of aromatic nitrogens is 3. The summed E-state index contributed by atoms with van der Waals surface area (Å²) in [5, 5.41) is 7.86. The Hall–Kier alpha value is -6.60. The van der Waals surface area contributed by atoms with Gasteiger partial charge in [0.15, 0.2) is 8.07 Å². The quantitative estimate of drug-likeness (QED) is 0.125. The first kappa shape index (κ1) is 34.6. The molecule has 0 N–H and O–H groups in total. The van der Waals surface area contributed by atoms with E-state index in [2.05, 4.69) is 206 Å². The van der Waals surface area contributed by atoms with E-state index in [4.69, 9.17) is 9.97 Å². The molecule has 0 spiro atoms. The summed E-state index contributed by atoms with van der Waals surface area (Å²) in [6.07, 6.45) is 1.91. The van der Waals surface area contributed by atoms with Crippen molar-refractivity contribution in [2.45, 2.75) is 19.3 Å². The lowest BCUT2D eigenvalue weighted by Gasteiger charge is -2.43. The van der Waals surface area contributed by atoms with Crippen molar-refractivity contribution < 1.29 is 0 Å². The van der Waals surface area contributed by atoms with Crippen LogP contribution in [0.25, 0.3) is 42.6 Å². The third-order valence-electron chi connectivity index (χ3n) is 12.4. The molecule has 0 saturated heterocycles. The Bertz CT molecular complexity index is 3130. The molecule has 0 bridgehead atoms. The van der Waals surface area contributed by atoms with Crippen molar-refractivity contribution in [2.75, 3.05) is 4.90 Å². The summed E-state index contributed by atoms with van der Waals surface area (Å²) < 4.78 is 4.85. The highest BCUT2D eigenvalue weighted by Gasteiger charge is 2.44. The van der Waals surface area contributed by atoms with Crippen molar-refractivity contribution in [3.8, 4) is 11.4 Å². The van der Waals surface area contributed by atoms with Gasteiger partial charge in [-0.15, -0.1) is 11.3 Å². The van der Waals surface area contributed by atoms with E-state index in [1.807, 2.05) is 23.6 Å². The smallest absolute Gasteiger partial charge is 0.179 e. The first-order valence-electron chi connectivity index (χ1n) is 19.9. The van der Waals surface area contributed by atoms with Crippen LogP contribution >= 0.6 is 11.3 Å². The summed E-state index contributed by atoms with van der Waals surface area (Å²) in [5.74, 6) is 1.87. The SMILES string of the molecule is Cn1c(-c2cccc([Si](c3ccccc3)(c3ccccc3)c3ccc4c(c3)N(c3ccccn3)c3cc5c(cc3C4(C)C)sc3ccccc35)c2)nc2ccccc21. The number of fused-ring (bicyclic) bond motifs is 6. The minimum Gasteiger partial charge on any atom is -0.327 e. The fourth-order valence-corrected chi connectivity index (χ4v) is 15.5. The van der Waals surface area contributed by atoms with Crippen LogP contribution in [-0.4, -0.2) is 22.6 Å². The lowest BCUT2D eigenvalue weighted by molar-refractivity contribution is 0.633. The van der Waals surface area contributed by atoms with E-state index in [1.165, 1.54) is 63.4 Å². The van der Waals surface area contributed by atoms with E-state index >= 15 is 0 Å². The number of rotatable bonds is 6. The van der Waals surface area contributed by atoms with Crippen LogP contribution in [0.1, 0.15) is 25.0 Å². The molecule has 3 aromatic heterocycles. The number of nitrogens with zero attached hydrogens (tertiary/aromatic N) is 4. The molecule has 0 aliphatic carbocycles. The van der Waals surface area contributed by atoms with E-state index in [0.29, 0.717) is 0 Å². The van der Waals surface area contributed by atoms with Crippen molar-refractivity contribution in [2.24, 2.45) is 7.05 Å². The average Bonchev–Trinajstić information content (AvgIpc) is 3.81. The number of pyridine rings is 1. The van der Waals surface area contributed by atoms with Crippen molar-refractivity contribution in [3.63, 3.8) is 0 Å². The highest BCUT2D eigenvalue weighted by molar-refractivity contribution is 7.25. The fourth-order valence-electron chi connectivity index (χ4n) is 9.60. The van der Waals surface area contributed by atoms with Crippen LogP contribution in [0.5, 0.6) is 0 Å². The molecule has 278 valence electrons. The molecule has 6 heteroatoms. The third kappa shape index (κ3) is 5.12. The lowest BCUT2D eigenvalue weighted by atomic mass is 9.73. The topological polar surface area (TPSA) is 34.0 Å². The maximum atomic E-state index is 5.16. The summed E-state index contributed by atoms with van der Waals surface area (Å²) >= 11 is 1.88. The van der Waals surface area contributed by atoms with Crippen LogP contribution in [0.2, 0.25) is 0 Å². The highest BCUT2D eigenvalue weighted by atomic mass is 32.1. The van der Waals surface area contributed by atoms with Gasteiger partial charge in [-0.05, 0) is 80.4 Å². The molecule has 0 fully saturated rings. The zero-order chi connectivity index (χ0) is 39.0. The molecule has 0 amide bonds. The summed E-state index contributed by atoms with van der Waals surface area (Å²) in [6, 6.07) is 67.3. The Morgan fingerprint density at radius 3 is 1.97 bits per heavy atom. The van der Waals surface area contributed by atoms with Gasteiger partial charge in [-0.2, -0.15) is 0 Å². The molecule has 4 heterocycles. The molecule has 11 rings (SSSR count). The number of thiophene rings is 1. The third-order valence-corrected chi connectivity index (χ3v) is 18.3. The van der Waals surface area contributed by atoms with Gasteiger partial charge in [0.25, 0.3) is 0 Å². The minimum atomic E-state index is -3.00. The Labute approximate surface area is 343 Å². The zero-order valence-electron chi connectivity index (χ0n) is 32.6. The number of anilines is 3. The van der Waals surface area contributed by atoms with Crippen LogP contribution in [-0.2, 0) is 12.5 Å². The van der Waals surface area contributed by atoms with Gasteiger partial charge in [-0.1, -0.05) is 147 Å². The Morgan fingerprint density at radius 2 is 1.21 bits per heavy atom. The van der Waals surface area contributed by atoms with Crippen LogP contribution < -0.4 is 25.6 Å². The van der Waals surface area contributed by atoms with Gasteiger partial charge < -0.3 is 4.57 Å². The Balaban J connectivity index is 1.21. The standard InChI is InChI=1S/C52H40N4SSi/c1-52(2)42-29-28-39(32-46(42)56(50-27-14-15-30-53-50)47-33-41-40-23-10-13-26-48(40)57-49(41)34-43(47)52)58(36-18-6-4-7-19-36,37-20-8-5-9-21-37)38-22-16-17-35(31-38)51-54-44-24-11-12-25-45(44)55(51)3/h4-34H,1-3H3. The van der Waals surface area contributed by atoms with Crippen LogP contribution in [0.15, 0.2) is 188 Å². The second kappa shape index (κ2) is 13.2. The molecule has 0 radical (unpaired) electrons. The number of imidazole rings is 1. The van der Waals surface area contributed by atoms with E-state index in [1.54, 1.807) is 0 Å². The van der Waals surface area contributed by atoms with Gasteiger partial charge in [-0.25, -0.2) is 9.97 Å². The molecule has 10 aromatic rings. The van der Waals surface area contributed by atoms with E-state index in [-0.39, 0.29) is 5.41 Å². The Morgan fingerprint density at radius 1 is 0.534 bits per heavy atom. The number of aryl methyl sites for hydroxylation is 1. The van der Waals surface area contributed by atoms with Crippen molar-refractivity contribution >= 4 is 88.6 Å². The molecule has 4 nitrogen and oxygen atoms in total. The molecule has 58 heavy (non-hydrogen) atoms. The summed E-state index contributed by atoms with van der Waals surface area (Å²) in [6.45, 7) is 4.78. The van der Waals surface area contributed by atoms with Gasteiger partial charge in [0.2, 0.25) is 0 Å². The predicted molar refractivity (Wildman–Crippen MR) is 247 cm³/mol. The monoisotopic (exact) mass is 780 g/mol. The van der Waals surface area contributed by atoms with Crippen molar-refractivity contribution in [1.82, 2.24) is 14.5 Å². The summed E-state index contributed by atoms with van der Waals surface area (Å²) in [7, 11) is -0.877. The first-order chi connectivity index (χ1) is 28.4. The lowest BCUT2D eigenvalue weighted by Crippen LogP contribution is -2.74. The molecule has 1 aliphatic heterocycles. The predicted octanol–water partition coefficient (Wildman–Crippen LogP) is 10.5. The number of hydrogen-bond donors (Lipinski definition) is 0. The molecule has 1 aliphatic rings. The summed E-state index contributed by atoms with van der Waals surface area (Å²) in [4.78, 5) is 12.6. The fraction of sp³-hybridized carbons (Fsp3) is 0.0769. The second-order valence-corrected chi connectivity index (χ2v) is 20.8. The molecule has 0 saturated carbocycles. The van der Waals surface area contributed by atoms with E-state index < -0.39 is 8.07 Å².